The van der Waals surface area contributed by atoms with Gasteiger partial charge in [-0.25, -0.2) is 0 Å². The molecule has 0 unspecified atom stereocenters. The van der Waals surface area contributed by atoms with Crippen molar-refractivity contribution in [3.63, 3.8) is 0 Å². The van der Waals surface area contributed by atoms with E-state index in [1.54, 1.807) is 6.20 Å². The summed E-state index contributed by atoms with van der Waals surface area (Å²) in [5.74, 6) is 0. The third-order valence-corrected chi connectivity index (χ3v) is 2.48. The molecule has 1 aromatic heterocycles. The Morgan fingerprint density at radius 1 is 0.938 bits per heavy atom. The molecule has 76 valence electrons. The van der Waals surface area contributed by atoms with E-state index in [1.807, 2.05) is 30.3 Å². The van der Waals surface area contributed by atoms with Crippen molar-refractivity contribution in [2.24, 2.45) is 0 Å². The highest BCUT2D eigenvalue weighted by molar-refractivity contribution is 5.94. The first-order valence-electron chi connectivity index (χ1n) is 7.01. The number of nitrogens with zero attached hydrogens (tertiary/aromatic N) is 1. The SMILES string of the molecule is [2H]c1cc(-c2nccc3ccccc23)c([2H])c([2H])c1[2H]. The van der Waals surface area contributed by atoms with E-state index in [0.717, 1.165) is 10.8 Å². The lowest BCUT2D eigenvalue weighted by Gasteiger charge is -2.04. The highest BCUT2D eigenvalue weighted by atomic mass is 14.7. The summed E-state index contributed by atoms with van der Waals surface area (Å²) in [5, 5.41) is 1.87. The van der Waals surface area contributed by atoms with Crippen LogP contribution in [-0.2, 0) is 0 Å². The summed E-state index contributed by atoms with van der Waals surface area (Å²) in [4.78, 5) is 4.30. The average Bonchev–Trinajstić information content (AvgIpc) is 2.48. The van der Waals surface area contributed by atoms with Crippen LogP contribution in [0.25, 0.3) is 22.0 Å². The molecule has 0 saturated heterocycles. The first kappa shape index (κ1) is 5.80. The molecule has 0 aliphatic carbocycles. The minimum absolute atomic E-state index is 0.0595. The van der Waals surface area contributed by atoms with Crippen LogP contribution in [0.2, 0.25) is 0 Å². The molecule has 0 atom stereocenters. The molecule has 1 heteroatoms. The maximum absolute atomic E-state index is 8.01. The van der Waals surface area contributed by atoms with Crippen molar-refractivity contribution in [3.8, 4) is 11.3 Å². The van der Waals surface area contributed by atoms with Crippen LogP contribution in [0.1, 0.15) is 5.48 Å². The van der Waals surface area contributed by atoms with Crippen LogP contribution in [0, 0.1) is 0 Å². The Balaban J connectivity index is 2.37. The van der Waals surface area contributed by atoms with Gasteiger partial charge in [-0.2, -0.15) is 0 Å². The van der Waals surface area contributed by atoms with E-state index in [9.17, 15) is 0 Å². The highest BCUT2D eigenvalue weighted by Gasteiger charge is 2.03. The Labute approximate surface area is 100 Å². The molecule has 0 fully saturated rings. The summed E-state index contributed by atoms with van der Waals surface area (Å²) in [6.07, 6.45) is 1.65. The highest BCUT2D eigenvalue weighted by Crippen LogP contribution is 2.25. The lowest BCUT2D eigenvalue weighted by molar-refractivity contribution is 1.36. The second kappa shape index (κ2) is 3.78. The minimum Gasteiger partial charge on any atom is -0.256 e. The van der Waals surface area contributed by atoms with Gasteiger partial charge in [0.15, 0.2) is 0 Å². The van der Waals surface area contributed by atoms with Gasteiger partial charge < -0.3 is 0 Å². The van der Waals surface area contributed by atoms with Gasteiger partial charge in [-0.1, -0.05) is 54.5 Å². The Bertz CT molecular complexity index is 809. The Morgan fingerprint density at radius 2 is 1.88 bits per heavy atom. The van der Waals surface area contributed by atoms with E-state index in [0.29, 0.717) is 11.3 Å². The van der Waals surface area contributed by atoms with E-state index in [-0.39, 0.29) is 24.2 Å². The summed E-state index contributed by atoms with van der Waals surface area (Å²) >= 11 is 0. The third kappa shape index (κ3) is 1.47. The molecule has 1 nitrogen and oxygen atoms in total. The fourth-order valence-electron chi connectivity index (χ4n) is 1.74. The van der Waals surface area contributed by atoms with Gasteiger partial charge in [0.05, 0.1) is 11.2 Å². The zero-order chi connectivity index (χ0) is 14.3. The van der Waals surface area contributed by atoms with Crippen LogP contribution in [0.15, 0.2) is 66.8 Å². The van der Waals surface area contributed by atoms with Gasteiger partial charge >= 0.3 is 0 Å². The molecular formula is C15H11N. The Morgan fingerprint density at radius 3 is 2.88 bits per heavy atom. The van der Waals surface area contributed by atoms with Crippen LogP contribution >= 0.6 is 0 Å². The van der Waals surface area contributed by atoms with Gasteiger partial charge in [0.25, 0.3) is 0 Å². The summed E-state index contributed by atoms with van der Waals surface area (Å²) in [6.45, 7) is 0. The first-order valence-corrected chi connectivity index (χ1v) is 5.01. The first-order chi connectivity index (χ1) is 9.59. The number of aromatic nitrogens is 1. The summed E-state index contributed by atoms with van der Waals surface area (Å²) in [5.41, 5.74) is 1.00. The molecule has 0 aliphatic heterocycles. The van der Waals surface area contributed by atoms with Crippen molar-refractivity contribution in [2.75, 3.05) is 0 Å². The largest absolute Gasteiger partial charge is 0.256 e. The van der Waals surface area contributed by atoms with Crippen molar-refractivity contribution < 1.29 is 5.48 Å². The molecule has 16 heavy (non-hydrogen) atoms. The molecule has 0 saturated carbocycles. The van der Waals surface area contributed by atoms with Crippen LogP contribution < -0.4 is 0 Å². The average molecular weight is 209 g/mol. The molecule has 0 aliphatic rings. The van der Waals surface area contributed by atoms with Crippen LogP contribution in [0.4, 0.5) is 0 Å². The van der Waals surface area contributed by atoms with E-state index in [1.165, 1.54) is 6.07 Å². The fraction of sp³-hybridized carbons (Fsp3) is 0. The van der Waals surface area contributed by atoms with Crippen molar-refractivity contribution >= 4 is 10.8 Å². The number of hydrogen-bond acceptors (Lipinski definition) is 1. The topological polar surface area (TPSA) is 12.9 Å². The quantitative estimate of drug-likeness (QED) is 0.592. The normalized spacial score (nSPS) is 14.0. The van der Waals surface area contributed by atoms with Gasteiger partial charge in [0.1, 0.15) is 0 Å². The Hall–Kier alpha value is -2.15. The second-order valence-corrected chi connectivity index (χ2v) is 3.46. The standard InChI is InChI=1S/C15H11N/c1-2-7-13(8-3-1)15-14-9-5-4-6-12(14)10-11-16-15/h1-11H/i1D,2D,3D,7D. The molecule has 3 aromatic rings. The number of pyridine rings is 1. The monoisotopic (exact) mass is 209 g/mol. The second-order valence-electron chi connectivity index (χ2n) is 3.46. The van der Waals surface area contributed by atoms with Crippen molar-refractivity contribution in [3.05, 3.63) is 66.8 Å². The van der Waals surface area contributed by atoms with Crippen molar-refractivity contribution in [2.45, 2.75) is 0 Å². The van der Waals surface area contributed by atoms with E-state index < -0.39 is 0 Å². The van der Waals surface area contributed by atoms with Crippen LogP contribution in [0.3, 0.4) is 0 Å². The zero-order valence-corrected chi connectivity index (χ0v) is 8.49. The lowest BCUT2D eigenvalue weighted by atomic mass is 10.0. The molecule has 0 radical (unpaired) electrons. The predicted molar refractivity (Wildman–Crippen MR) is 67.2 cm³/mol. The lowest BCUT2D eigenvalue weighted by Crippen LogP contribution is -1.84. The summed E-state index contributed by atoms with van der Waals surface area (Å²) < 4.78 is 31.1. The smallest absolute Gasteiger partial charge is 0.0780 e. The Kier molecular flexibility index (Phi) is 1.37. The zero-order valence-electron chi connectivity index (χ0n) is 12.5. The van der Waals surface area contributed by atoms with Gasteiger partial charge in [-0.3, -0.25) is 4.98 Å². The number of hydrogen-bond donors (Lipinski definition) is 0. The fourth-order valence-corrected chi connectivity index (χ4v) is 1.74. The van der Waals surface area contributed by atoms with Gasteiger partial charge in [0.2, 0.25) is 0 Å². The van der Waals surface area contributed by atoms with Crippen molar-refractivity contribution in [1.82, 2.24) is 4.98 Å². The maximum atomic E-state index is 8.01. The van der Waals surface area contributed by atoms with Gasteiger partial charge in [-0.15, -0.1) is 0 Å². The van der Waals surface area contributed by atoms with Crippen molar-refractivity contribution in [1.29, 1.82) is 0 Å². The molecule has 0 spiro atoms. The van der Waals surface area contributed by atoms with Gasteiger partial charge in [-0.05, 0) is 11.5 Å². The third-order valence-electron chi connectivity index (χ3n) is 2.48. The minimum atomic E-state index is -0.234. The van der Waals surface area contributed by atoms with Gasteiger partial charge in [0, 0.05) is 17.1 Å². The molecule has 3 rings (SSSR count). The molecule has 2 aromatic carbocycles. The number of fused-ring (bicyclic) bond motifs is 1. The molecular weight excluding hydrogens is 194 g/mol. The predicted octanol–water partition coefficient (Wildman–Crippen LogP) is 3.90. The number of benzene rings is 2. The van der Waals surface area contributed by atoms with Crippen LogP contribution in [-0.4, -0.2) is 4.98 Å². The summed E-state index contributed by atoms with van der Waals surface area (Å²) in [6, 6.07) is 10.4. The molecule has 0 bridgehead atoms. The van der Waals surface area contributed by atoms with E-state index >= 15 is 0 Å². The number of rotatable bonds is 1. The van der Waals surface area contributed by atoms with E-state index in [2.05, 4.69) is 4.98 Å². The van der Waals surface area contributed by atoms with Crippen LogP contribution in [0.5, 0.6) is 0 Å². The molecule has 0 amide bonds. The maximum Gasteiger partial charge on any atom is 0.0780 e. The van der Waals surface area contributed by atoms with E-state index in [4.69, 9.17) is 5.48 Å². The summed E-state index contributed by atoms with van der Waals surface area (Å²) in [7, 11) is 0. The molecule has 0 N–H and O–H groups in total. The molecule has 1 heterocycles.